The van der Waals surface area contributed by atoms with Gasteiger partial charge in [0.25, 0.3) is 0 Å². The van der Waals surface area contributed by atoms with Gasteiger partial charge in [-0.25, -0.2) is 0 Å². The third kappa shape index (κ3) is 3.90. The standard InChI is InChI=1S/C21H24N2O2/c1-14-4-8-17(9-5-14)16(3)22-21(25)18-12-20(24)23(13-18)19-10-6-15(2)7-11-19/h4-11,16,18H,12-13H2,1-3H3,(H,22,25). The molecule has 2 atom stereocenters. The Morgan fingerprint density at radius 1 is 1.04 bits per heavy atom. The minimum absolute atomic E-state index is 0.00647. The minimum atomic E-state index is -0.304. The van der Waals surface area contributed by atoms with E-state index < -0.39 is 0 Å². The molecule has 0 spiro atoms. The molecule has 2 aromatic rings. The van der Waals surface area contributed by atoms with Crippen LogP contribution in [0.15, 0.2) is 48.5 Å². The fourth-order valence-electron chi connectivity index (χ4n) is 3.13. The highest BCUT2D eigenvalue weighted by Gasteiger charge is 2.35. The Kier molecular flexibility index (Phi) is 4.88. The van der Waals surface area contributed by atoms with Crippen molar-refractivity contribution in [3.8, 4) is 0 Å². The maximum atomic E-state index is 12.6. The predicted molar refractivity (Wildman–Crippen MR) is 99.4 cm³/mol. The summed E-state index contributed by atoms with van der Waals surface area (Å²) in [6.07, 6.45) is 0.264. The monoisotopic (exact) mass is 336 g/mol. The van der Waals surface area contributed by atoms with Crippen LogP contribution >= 0.6 is 0 Å². The van der Waals surface area contributed by atoms with Crippen LogP contribution in [0.4, 0.5) is 5.69 Å². The molecular weight excluding hydrogens is 312 g/mol. The fraction of sp³-hybridized carbons (Fsp3) is 0.333. The summed E-state index contributed by atoms with van der Waals surface area (Å²) < 4.78 is 0. The van der Waals surface area contributed by atoms with Crippen LogP contribution in [0.25, 0.3) is 0 Å². The molecule has 1 heterocycles. The fourth-order valence-corrected chi connectivity index (χ4v) is 3.13. The van der Waals surface area contributed by atoms with Crippen LogP contribution in [0.2, 0.25) is 0 Å². The van der Waals surface area contributed by atoms with Gasteiger partial charge in [0, 0.05) is 18.7 Å². The second kappa shape index (κ2) is 7.09. The molecule has 1 N–H and O–H groups in total. The van der Waals surface area contributed by atoms with Crippen LogP contribution in [-0.4, -0.2) is 18.4 Å². The summed E-state index contributed by atoms with van der Waals surface area (Å²) >= 11 is 0. The highest BCUT2D eigenvalue weighted by atomic mass is 16.2. The summed E-state index contributed by atoms with van der Waals surface area (Å²) in [5, 5.41) is 3.04. The molecule has 1 aliphatic heterocycles. The van der Waals surface area contributed by atoms with E-state index in [9.17, 15) is 9.59 Å². The summed E-state index contributed by atoms with van der Waals surface area (Å²) in [5.41, 5.74) is 4.27. The van der Waals surface area contributed by atoms with Gasteiger partial charge in [0.1, 0.15) is 0 Å². The van der Waals surface area contributed by atoms with Gasteiger partial charge >= 0.3 is 0 Å². The first-order valence-corrected chi connectivity index (χ1v) is 8.68. The summed E-state index contributed by atoms with van der Waals surface area (Å²) in [5.74, 6) is -0.357. The van der Waals surface area contributed by atoms with Gasteiger partial charge in [-0.3, -0.25) is 9.59 Å². The Labute approximate surface area is 148 Å². The van der Waals surface area contributed by atoms with Crippen LogP contribution in [0.5, 0.6) is 0 Å². The van der Waals surface area contributed by atoms with Crippen molar-refractivity contribution >= 4 is 17.5 Å². The van der Waals surface area contributed by atoms with Gasteiger partial charge < -0.3 is 10.2 Å². The minimum Gasteiger partial charge on any atom is -0.349 e. The zero-order chi connectivity index (χ0) is 18.0. The number of aryl methyl sites for hydroxylation is 2. The molecule has 4 heteroatoms. The van der Waals surface area contributed by atoms with E-state index in [4.69, 9.17) is 0 Å². The number of nitrogens with zero attached hydrogens (tertiary/aromatic N) is 1. The molecule has 0 bridgehead atoms. The molecule has 2 unspecified atom stereocenters. The lowest BCUT2D eigenvalue weighted by atomic mass is 10.0. The SMILES string of the molecule is Cc1ccc(C(C)NC(=O)C2CC(=O)N(c3ccc(C)cc3)C2)cc1. The quantitative estimate of drug-likeness (QED) is 0.928. The molecule has 0 aliphatic carbocycles. The number of hydrogen-bond donors (Lipinski definition) is 1. The van der Waals surface area contributed by atoms with Gasteiger partial charge in [-0.15, -0.1) is 0 Å². The van der Waals surface area contributed by atoms with Crippen LogP contribution in [0.1, 0.15) is 36.1 Å². The van der Waals surface area contributed by atoms with E-state index in [0.717, 1.165) is 16.8 Å². The van der Waals surface area contributed by atoms with E-state index in [2.05, 4.69) is 5.32 Å². The van der Waals surface area contributed by atoms with Gasteiger partial charge in [-0.2, -0.15) is 0 Å². The molecule has 3 rings (SSSR count). The second-order valence-electron chi connectivity index (χ2n) is 6.88. The van der Waals surface area contributed by atoms with E-state index in [0.29, 0.717) is 6.54 Å². The normalized spacial score (nSPS) is 18.3. The molecular formula is C21H24N2O2. The third-order valence-corrected chi connectivity index (χ3v) is 4.78. The summed E-state index contributed by atoms with van der Waals surface area (Å²) in [6, 6.07) is 15.9. The van der Waals surface area contributed by atoms with Gasteiger partial charge in [0.15, 0.2) is 0 Å². The van der Waals surface area contributed by atoms with Crippen molar-refractivity contribution in [2.75, 3.05) is 11.4 Å². The maximum absolute atomic E-state index is 12.6. The third-order valence-electron chi connectivity index (χ3n) is 4.78. The maximum Gasteiger partial charge on any atom is 0.227 e. The van der Waals surface area contributed by atoms with Gasteiger partial charge in [0.2, 0.25) is 11.8 Å². The van der Waals surface area contributed by atoms with Crippen molar-refractivity contribution in [1.82, 2.24) is 5.32 Å². The molecule has 0 radical (unpaired) electrons. The van der Waals surface area contributed by atoms with Crippen molar-refractivity contribution in [2.45, 2.75) is 33.2 Å². The van der Waals surface area contributed by atoms with E-state index in [1.54, 1.807) is 4.90 Å². The number of carbonyl (C=O) groups excluding carboxylic acids is 2. The topological polar surface area (TPSA) is 49.4 Å². The van der Waals surface area contributed by atoms with Crippen molar-refractivity contribution in [3.63, 3.8) is 0 Å². The number of rotatable bonds is 4. The van der Waals surface area contributed by atoms with E-state index in [1.807, 2.05) is 69.3 Å². The zero-order valence-electron chi connectivity index (χ0n) is 15.0. The summed E-state index contributed by atoms with van der Waals surface area (Å²) in [7, 11) is 0. The van der Waals surface area contributed by atoms with Gasteiger partial charge in [0.05, 0.1) is 12.0 Å². The van der Waals surface area contributed by atoms with Crippen molar-refractivity contribution < 1.29 is 9.59 Å². The predicted octanol–water partition coefficient (Wildman–Crippen LogP) is 3.53. The summed E-state index contributed by atoms with van der Waals surface area (Å²) in [4.78, 5) is 26.6. The Bertz CT molecular complexity index is 765. The lowest BCUT2D eigenvalue weighted by Gasteiger charge is -2.19. The Hall–Kier alpha value is -2.62. The summed E-state index contributed by atoms with van der Waals surface area (Å²) in [6.45, 7) is 6.46. The van der Waals surface area contributed by atoms with Gasteiger partial charge in [-0.05, 0) is 38.5 Å². The van der Waals surface area contributed by atoms with Crippen LogP contribution in [-0.2, 0) is 9.59 Å². The first kappa shape index (κ1) is 17.2. The smallest absolute Gasteiger partial charge is 0.227 e. The first-order chi connectivity index (χ1) is 11.9. The van der Waals surface area contributed by atoms with Crippen LogP contribution in [0.3, 0.4) is 0 Å². The zero-order valence-corrected chi connectivity index (χ0v) is 15.0. The number of benzene rings is 2. The molecule has 4 nitrogen and oxygen atoms in total. The lowest BCUT2D eigenvalue weighted by Crippen LogP contribution is -2.34. The van der Waals surface area contributed by atoms with E-state index >= 15 is 0 Å². The van der Waals surface area contributed by atoms with Crippen molar-refractivity contribution in [2.24, 2.45) is 5.92 Å². The molecule has 1 fully saturated rings. The molecule has 1 saturated heterocycles. The van der Waals surface area contributed by atoms with Crippen molar-refractivity contribution in [1.29, 1.82) is 0 Å². The number of carbonyl (C=O) groups is 2. The Balaban J connectivity index is 1.64. The number of amides is 2. The van der Waals surface area contributed by atoms with Crippen LogP contribution < -0.4 is 10.2 Å². The molecule has 2 amide bonds. The second-order valence-corrected chi connectivity index (χ2v) is 6.88. The number of nitrogens with one attached hydrogen (secondary N) is 1. The first-order valence-electron chi connectivity index (χ1n) is 8.68. The Morgan fingerprint density at radius 3 is 2.20 bits per heavy atom. The molecule has 25 heavy (non-hydrogen) atoms. The number of hydrogen-bond acceptors (Lipinski definition) is 2. The molecule has 2 aromatic carbocycles. The Morgan fingerprint density at radius 2 is 1.60 bits per heavy atom. The van der Waals surface area contributed by atoms with E-state index in [-0.39, 0.29) is 30.2 Å². The molecule has 1 aliphatic rings. The molecule has 0 saturated carbocycles. The van der Waals surface area contributed by atoms with Crippen molar-refractivity contribution in [3.05, 3.63) is 65.2 Å². The number of anilines is 1. The highest BCUT2D eigenvalue weighted by Crippen LogP contribution is 2.26. The largest absolute Gasteiger partial charge is 0.349 e. The average Bonchev–Trinajstić information content (AvgIpc) is 2.98. The van der Waals surface area contributed by atoms with E-state index in [1.165, 1.54) is 5.56 Å². The highest BCUT2D eigenvalue weighted by molar-refractivity contribution is 6.00. The van der Waals surface area contributed by atoms with Gasteiger partial charge in [-0.1, -0.05) is 47.5 Å². The lowest BCUT2D eigenvalue weighted by molar-refractivity contribution is -0.126. The average molecular weight is 336 g/mol. The molecule has 130 valence electrons. The molecule has 0 aromatic heterocycles. The van der Waals surface area contributed by atoms with Crippen LogP contribution in [0, 0.1) is 19.8 Å².